The lowest BCUT2D eigenvalue weighted by Crippen LogP contribution is -2.32. The molecule has 3 N–H and O–H groups in total. The Morgan fingerprint density at radius 3 is 2.67 bits per heavy atom. The first-order valence-corrected chi connectivity index (χ1v) is 4.14. The molecule has 1 aromatic heterocycles. The van der Waals surface area contributed by atoms with Gasteiger partial charge in [0.25, 0.3) is 0 Å². The van der Waals surface area contributed by atoms with Crippen LogP contribution in [0.25, 0.3) is 0 Å². The molecular formula is C9H15Cl2N3O. The van der Waals surface area contributed by atoms with E-state index < -0.39 is 0 Å². The monoisotopic (exact) mass is 251 g/mol. The molecular weight excluding hydrogens is 237 g/mol. The van der Waals surface area contributed by atoms with Gasteiger partial charge in [-0.2, -0.15) is 0 Å². The van der Waals surface area contributed by atoms with E-state index in [-0.39, 0.29) is 43.3 Å². The highest BCUT2D eigenvalue weighted by atomic mass is 35.5. The molecule has 0 radical (unpaired) electrons. The summed E-state index contributed by atoms with van der Waals surface area (Å²) in [6, 6.07) is 5.49. The third kappa shape index (κ3) is 5.57. The zero-order valence-corrected chi connectivity index (χ0v) is 9.98. The molecule has 0 spiro atoms. The van der Waals surface area contributed by atoms with Gasteiger partial charge in [-0.15, -0.1) is 24.8 Å². The van der Waals surface area contributed by atoms with Gasteiger partial charge in [0.15, 0.2) is 0 Å². The third-order valence-electron chi connectivity index (χ3n) is 1.69. The summed E-state index contributed by atoms with van der Waals surface area (Å²) < 4.78 is 0. The Labute approximate surface area is 101 Å². The molecule has 0 saturated carbocycles. The van der Waals surface area contributed by atoms with Crippen molar-refractivity contribution in [3.63, 3.8) is 0 Å². The molecule has 86 valence electrons. The number of carbonyl (C=O) groups is 1. The largest absolute Gasteiger partial charge is 0.347 e. The van der Waals surface area contributed by atoms with E-state index in [9.17, 15) is 4.79 Å². The van der Waals surface area contributed by atoms with Crippen LogP contribution >= 0.6 is 24.8 Å². The number of nitrogens with zero attached hydrogens (tertiary/aromatic N) is 1. The van der Waals surface area contributed by atoms with E-state index in [4.69, 9.17) is 5.73 Å². The van der Waals surface area contributed by atoms with Crippen LogP contribution < -0.4 is 11.1 Å². The van der Waals surface area contributed by atoms with Gasteiger partial charge < -0.3 is 11.1 Å². The second-order valence-electron chi connectivity index (χ2n) is 2.75. The van der Waals surface area contributed by atoms with Crippen molar-refractivity contribution in [3.8, 4) is 0 Å². The Kier molecular flexibility index (Phi) is 9.36. The topological polar surface area (TPSA) is 68.0 Å². The van der Waals surface area contributed by atoms with Gasteiger partial charge in [0.1, 0.15) is 0 Å². The fraction of sp³-hybridized carbons (Fsp3) is 0.333. The zero-order chi connectivity index (χ0) is 9.68. The van der Waals surface area contributed by atoms with E-state index in [2.05, 4.69) is 10.3 Å². The van der Waals surface area contributed by atoms with E-state index in [1.165, 1.54) is 0 Å². The fourth-order valence-electron chi connectivity index (χ4n) is 1.01. The van der Waals surface area contributed by atoms with Gasteiger partial charge in [0.05, 0.1) is 18.3 Å². The highest BCUT2D eigenvalue weighted by Crippen LogP contribution is 2.06. The van der Waals surface area contributed by atoms with Crippen LogP contribution in [0.1, 0.15) is 18.7 Å². The minimum Gasteiger partial charge on any atom is -0.347 e. The number of rotatable bonds is 3. The molecule has 0 aliphatic carbocycles. The Morgan fingerprint density at radius 1 is 1.53 bits per heavy atom. The predicted molar refractivity (Wildman–Crippen MR) is 64.3 cm³/mol. The van der Waals surface area contributed by atoms with E-state index in [1.807, 2.05) is 25.1 Å². The maximum atomic E-state index is 10.9. The first kappa shape index (κ1) is 16.6. The number of carbonyl (C=O) groups excluding carboxylic acids is 1. The number of nitrogens with one attached hydrogen (secondary N) is 1. The standard InChI is InChI=1S/C9H13N3O.2ClH/c1-7(12-9(13)6-10)8-4-2-3-5-11-8;;/h2-5,7H,6,10H2,1H3,(H,12,13);2*1H. The zero-order valence-electron chi connectivity index (χ0n) is 8.34. The number of nitrogens with two attached hydrogens (primary N) is 1. The quantitative estimate of drug-likeness (QED) is 0.845. The maximum absolute atomic E-state index is 10.9. The summed E-state index contributed by atoms with van der Waals surface area (Å²) in [5.74, 6) is -0.168. The molecule has 0 aromatic carbocycles. The molecule has 1 atom stereocenters. The van der Waals surface area contributed by atoms with Crippen LogP contribution in [0, 0.1) is 0 Å². The molecule has 0 aliphatic heterocycles. The van der Waals surface area contributed by atoms with Crippen molar-refractivity contribution >= 4 is 30.7 Å². The normalized spacial score (nSPS) is 10.5. The third-order valence-corrected chi connectivity index (χ3v) is 1.69. The van der Waals surface area contributed by atoms with E-state index in [1.54, 1.807) is 6.20 Å². The smallest absolute Gasteiger partial charge is 0.234 e. The Hall–Kier alpha value is -0.840. The molecule has 1 unspecified atom stereocenters. The Bertz CT molecular complexity index is 282. The van der Waals surface area contributed by atoms with Crippen LogP contribution in [0.2, 0.25) is 0 Å². The summed E-state index contributed by atoms with van der Waals surface area (Å²) in [6.45, 7) is 1.88. The van der Waals surface area contributed by atoms with E-state index >= 15 is 0 Å². The molecule has 1 rings (SSSR count). The van der Waals surface area contributed by atoms with Gasteiger partial charge in [-0.05, 0) is 19.1 Å². The first-order valence-electron chi connectivity index (χ1n) is 4.14. The molecule has 0 aliphatic rings. The average Bonchev–Trinajstić information content (AvgIpc) is 2.19. The Balaban J connectivity index is 0. The van der Waals surface area contributed by atoms with Crippen molar-refractivity contribution in [2.75, 3.05) is 6.54 Å². The second kappa shape index (κ2) is 8.47. The molecule has 0 bridgehead atoms. The average molecular weight is 252 g/mol. The minimum absolute atomic E-state index is 0. The number of hydrogen-bond acceptors (Lipinski definition) is 3. The van der Waals surface area contributed by atoms with Crippen LogP contribution in [0.15, 0.2) is 24.4 Å². The number of halogens is 2. The van der Waals surface area contributed by atoms with Gasteiger partial charge in [-0.25, -0.2) is 0 Å². The van der Waals surface area contributed by atoms with Crippen molar-refractivity contribution in [2.24, 2.45) is 5.73 Å². The lowest BCUT2D eigenvalue weighted by Gasteiger charge is -2.11. The SMILES string of the molecule is CC(NC(=O)CN)c1ccccn1.Cl.Cl. The van der Waals surface area contributed by atoms with Crippen molar-refractivity contribution in [2.45, 2.75) is 13.0 Å². The van der Waals surface area contributed by atoms with Crippen molar-refractivity contribution in [1.29, 1.82) is 0 Å². The lowest BCUT2D eigenvalue weighted by atomic mass is 10.2. The van der Waals surface area contributed by atoms with Gasteiger partial charge in [0, 0.05) is 6.20 Å². The van der Waals surface area contributed by atoms with Crippen LogP contribution in [0.5, 0.6) is 0 Å². The Morgan fingerprint density at radius 2 is 2.20 bits per heavy atom. The molecule has 1 amide bonds. The van der Waals surface area contributed by atoms with Crippen molar-refractivity contribution in [1.82, 2.24) is 10.3 Å². The summed E-state index contributed by atoms with van der Waals surface area (Å²) in [6.07, 6.45) is 1.69. The highest BCUT2D eigenvalue weighted by Gasteiger charge is 2.07. The molecule has 1 heterocycles. The highest BCUT2D eigenvalue weighted by molar-refractivity contribution is 5.85. The fourth-order valence-corrected chi connectivity index (χ4v) is 1.01. The molecule has 6 heteroatoms. The van der Waals surface area contributed by atoms with Crippen LogP contribution in [-0.2, 0) is 4.79 Å². The molecule has 0 saturated heterocycles. The number of amides is 1. The van der Waals surface area contributed by atoms with Crippen molar-refractivity contribution in [3.05, 3.63) is 30.1 Å². The van der Waals surface area contributed by atoms with Crippen LogP contribution in [0.4, 0.5) is 0 Å². The van der Waals surface area contributed by atoms with Gasteiger partial charge >= 0.3 is 0 Å². The first-order chi connectivity index (χ1) is 6.24. The van der Waals surface area contributed by atoms with Crippen LogP contribution in [0.3, 0.4) is 0 Å². The maximum Gasteiger partial charge on any atom is 0.234 e. The van der Waals surface area contributed by atoms with Crippen LogP contribution in [-0.4, -0.2) is 17.4 Å². The second-order valence-corrected chi connectivity index (χ2v) is 2.75. The molecule has 0 fully saturated rings. The van der Waals surface area contributed by atoms with Gasteiger partial charge in [0.2, 0.25) is 5.91 Å². The summed E-state index contributed by atoms with van der Waals surface area (Å²) >= 11 is 0. The van der Waals surface area contributed by atoms with Gasteiger partial charge in [-0.1, -0.05) is 6.07 Å². The molecule has 1 aromatic rings. The minimum atomic E-state index is -0.168. The number of pyridine rings is 1. The van der Waals surface area contributed by atoms with Crippen molar-refractivity contribution < 1.29 is 4.79 Å². The molecule has 15 heavy (non-hydrogen) atoms. The van der Waals surface area contributed by atoms with E-state index in [0.717, 1.165) is 5.69 Å². The van der Waals surface area contributed by atoms with E-state index in [0.29, 0.717) is 0 Å². The number of hydrogen-bond donors (Lipinski definition) is 2. The summed E-state index contributed by atoms with van der Waals surface area (Å²) in [4.78, 5) is 15.0. The lowest BCUT2D eigenvalue weighted by molar-refractivity contribution is -0.120. The summed E-state index contributed by atoms with van der Waals surface area (Å²) in [5, 5.41) is 2.72. The molecule has 4 nitrogen and oxygen atoms in total. The van der Waals surface area contributed by atoms with Gasteiger partial charge in [-0.3, -0.25) is 9.78 Å². The summed E-state index contributed by atoms with van der Waals surface area (Å²) in [5.41, 5.74) is 6.00. The number of aromatic nitrogens is 1. The predicted octanol–water partition coefficient (Wildman–Crippen LogP) is 1.06. The summed E-state index contributed by atoms with van der Waals surface area (Å²) in [7, 11) is 0.